The molecule has 1 aliphatic heterocycles. The molecule has 2 rings (SSSR count). The van der Waals surface area contributed by atoms with Gasteiger partial charge in [0.15, 0.2) is 11.5 Å². The number of carbonyl (C=O) groups excluding carboxylic acids is 1. The van der Waals surface area contributed by atoms with Gasteiger partial charge in [-0.1, -0.05) is 19.8 Å². The minimum absolute atomic E-state index is 0.0256. The molecule has 1 heterocycles. The van der Waals surface area contributed by atoms with Crippen molar-refractivity contribution >= 4 is 5.91 Å². The Kier molecular flexibility index (Phi) is 4.66. The molecule has 4 heteroatoms. The molecule has 104 valence electrons. The Bertz CT molecular complexity index is 457. The predicted molar refractivity (Wildman–Crippen MR) is 74.1 cm³/mol. The van der Waals surface area contributed by atoms with Crippen molar-refractivity contribution in [2.75, 3.05) is 20.3 Å². The van der Waals surface area contributed by atoms with Crippen molar-refractivity contribution in [3.63, 3.8) is 0 Å². The van der Waals surface area contributed by atoms with Gasteiger partial charge in [-0.3, -0.25) is 4.79 Å². The predicted octanol–water partition coefficient (Wildman–Crippen LogP) is 2.55. The van der Waals surface area contributed by atoms with Crippen molar-refractivity contribution < 1.29 is 14.3 Å². The highest BCUT2D eigenvalue weighted by Gasteiger charge is 2.23. The van der Waals surface area contributed by atoms with E-state index in [0.717, 1.165) is 37.0 Å². The monoisotopic (exact) mass is 263 g/mol. The number of ether oxygens (including phenoxy) is 2. The molecule has 1 N–H and O–H groups in total. The van der Waals surface area contributed by atoms with E-state index in [1.165, 1.54) is 0 Å². The average molecular weight is 263 g/mol. The standard InChI is InChI=1S/C15H21NO3/c1-3-4-5-10-19-14-11-8-9-16-15(17)12(11)6-7-13(14)18-2/h6-7H,3-5,8-10H2,1-2H3,(H,16,17). The molecule has 0 spiro atoms. The summed E-state index contributed by atoms with van der Waals surface area (Å²) in [5.74, 6) is 1.43. The van der Waals surface area contributed by atoms with Gasteiger partial charge in [-0.2, -0.15) is 0 Å². The van der Waals surface area contributed by atoms with Crippen molar-refractivity contribution in [1.29, 1.82) is 0 Å². The zero-order valence-corrected chi connectivity index (χ0v) is 11.6. The Balaban J connectivity index is 2.23. The average Bonchev–Trinajstić information content (AvgIpc) is 2.44. The van der Waals surface area contributed by atoms with E-state index in [2.05, 4.69) is 12.2 Å². The fourth-order valence-electron chi connectivity index (χ4n) is 2.31. The van der Waals surface area contributed by atoms with E-state index < -0.39 is 0 Å². The molecular weight excluding hydrogens is 242 g/mol. The molecule has 19 heavy (non-hydrogen) atoms. The Labute approximate surface area is 114 Å². The van der Waals surface area contributed by atoms with Gasteiger partial charge < -0.3 is 14.8 Å². The molecule has 0 atom stereocenters. The molecule has 0 bridgehead atoms. The molecule has 0 fully saturated rings. The van der Waals surface area contributed by atoms with Crippen LogP contribution in [0.3, 0.4) is 0 Å². The van der Waals surface area contributed by atoms with Crippen LogP contribution in [0.25, 0.3) is 0 Å². The maximum Gasteiger partial charge on any atom is 0.251 e. The lowest BCUT2D eigenvalue weighted by Gasteiger charge is -2.21. The first kappa shape index (κ1) is 13.7. The molecule has 0 aromatic heterocycles. The third-order valence-electron chi connectivity index (χ3n) is 3.34. The normalized spacial score (nSPS) is 13.7. The minimum Gasteiger partial charge on any atom is -0.493 e. The number of unbranched alkanes of at least 4 members (excludes halogenated alkanes) is 2. The molecule has 1 aliphatic rings. The third kappa shape index (κ3) is 3.00. The molecule has 0 aliphatic carbocycles. The number of fused-ring (bicyclic) bond motifs is 1. The second-order valence-electron chi connectivity index (χ2n) is 4.68. The lowest BCUT2D eigenvalue weighted by atomic mass is 9.99. The van der Waals surface area contributed by atoms with Crippen molar-refractivity contribution in [3.05, 3.63) is 23.3 Å². The van der Waals surface area contributed by atoms with Crippen molar-refractivity contribution in [3.8, 4) is 11.5 Å². The molecule has 0 radical (unpaired) electrons. The fraction of sp³-hybridized carbons (Fsp3) is 0.533. The van der Waals surface area contributed by atoms with E-state index in [4.69, 9.17) is 9.47 Å². The smallest absolute Gasteiger partial charge is 0.251 e. The maximum absolute atomic E-state index is 11.8. The highest BCUT2D eigenvalue weighted by atomic mass is 16.5. The molecule has 0 saturated carbocycles. The van der Waals surface area contributed by atoms with E-state index in [-0.39, 0.29) is 5.91 Å². The summed E-state index contributed by atoms with van der Waals surface area (Å²) in [4.78, 5) is 11.8. The van der Waals surface area contributed by atoms with Crippen LogP contribution in [0.1, 0.15) is 42.1 Å². The quantitative estimate of drug-likeness (QED) is 0.802. The molecule has 1 aromatic rings. The molecule has 0 saturated heterocycles. The van der Waals surface area contributed by atoms with E-state index >= 15 is 0 Å². The Morgan fingerprint density at radius 1 is 1.32 bits per heavy atom. The minimum atomic E-state index is -0.0256. The zero-order chi connectivity index (χ0) is 13.7. The van der Waals surface area contributed by atoms with Crippen LogP contribution in [-0.4, -0.2) is 26.2 Å². The van der Waals surface area contributed by atoms with Gasteiger partial charge in [-0.05, 0) is 25.0 Å². The Morgan fingerprint density at radius 2 is 2.16 bits per heavy atom. The first-order valence-electron chi connectivity index (χ1n) is 6.88. The van der Waals surface area contributed by atoms with Crippen molar-refractivity contribution in [2.24, 2.45) is 0 Å². The van der Waals surface area contributed by atoms with Crippen LogP contribution in [-0.2, 0) is 6.42 Å². The molecule has 1 aromatic carbocycles. The molecule has 4 nitrogen and oxygen atoms in total. The summed E-state index contributed by atoms with van der Waals surface area (Å²) < 4.78 is 11.2. The third-order valence-corrected chi connectivity index (χ3v) is 3.34. The second kappa shape index (κ2) is 6.45. The summed E-state index contributed by atoms with van der Waals surface area (Å²) in [6.07, 6.45) is 4.13. The van der Waals surface area contributed by atoms with E-state index in [9.17, 15) is 4.79 Å². The maximum atomic E-state index is 11.8. The SMILES string of the molecule is CCCCCOc1c(OC)ccc2c1CCNC2=O. The Morgan fingerprint density at radius 3 is 2.89 bits per heavy atom. The number of rotatable bonds is 6. The van der Waals surface area contributed by atoms with Gasteiger partial charge in [-0.25, -0.2) is 0 Å². The zero-order valence-electron chi connectivity index (χ0n) is 11.6. The molecule has 1 amide bonds. The molecular formula is C15H21NO3. The van der Waals surface area contributed by atoms with Crippen LogP contribution in [0.2, 0.25) is 0 Å². The van der Waals surface area contributed by atoms with Gasteiger partial charge >= 0.3 is 0 Å². The number of hydrogen-bond acceptors (Lipinski definition) is 3. The number of carbonyl (C=O) groups is 1. The van der Waals surface area contributed by atoms with Gasteiger partial charge in [0, 0.05) is 17.7 Å². The number of methoxy groups -OCH3 is 1. The van der Waals surface area contributed by atoms with Crippen LogP contribution < -0.4 is 14.8 Å². The fourth-order valence-corrected chi connectivity index (χ4v) is 2.31. The lowest BCUT2D eigenvalue weighted by Crippen LogP contribution is -2.32. The van der Waals surface area contributed by atoms with E-state index in [1.807, 2.05) is 6.07 Å². The number of nitrogens with one attached hydrogen (secondary N) is 1. The summed E-state index contributed by atoms with van der Waals surface area (Å²) >= 11 is 0. The molecule has 0 unspecified atom stereocenters. The highest BCUT2D eigenvalue weighted by Crippen LogP contribution is 2.35. The Hall–Kier alpha value is -1.71. The van der Waals surface area contributed by atoms with Gasteiger partial charge in [0.2, 0.25) is 0 Å². The largest absolute Gasteiger partial charge is 0.493 e. The summed E-state index contributed by atoms with van der Waals surface area (Å²) in [7, 11) is 1.63. The first-order valence-corrected chi connectivity index (χ1v) is 6.88. The van der Waals surface area contributed by atoms with Gasteiger partial charge in [0.05, 0.1) is 13.7 Å². The van der Waals surface area contributed by atoms with Gasteiger partial charge in [0.1, 0.15) is 0 Å². The first-order chi connectivity index (χ1) is 9.27. The van der Waals surface area contributed by atoms with Crippen LogP contribution in [0.5, 0.6) is 11.5 Å². The topological polar surface area (TPSA) is 47.6 Å². The summed E-state index contributed by atoms with van der Waals surface area (Å²) in [5, 5.41) is 2.84. The summed E-state index contributed by atoms with van der Waals surface area (Å²) in [5.41, 5.74) is 1.68. The van der Waals surface area contributed by atoms with Crippen LogP contribution >= 0.6 is 0 Å². The van der Waals surface area contributed by atoms with E-state index in [0.29, 0.717) is 24.5 Å². The number of amides is 1. The second-order valence-corrected chi connectivity index (χ2v) is 4.68. The summed E-state index contributed by atoms with van der Waals surface area (Å²) in [6.45, 7) is 3.49. The number of benzene rings is 1. The van der Waals surface area contributed by atoms with Crippen molar-refractivity contribution in [1.82, 2.24) is 5.32 Å². The van der Waals surface area contributed by atoms with Gasteiger partial charge in [-0.15, -0.1) is 0 Å². The van der Waals surface area contributed by atoms with Crippen LogP contribution in [0, 0.1) is 0 Å². The van der Waals surface area contributed by atoms with Crippen LogP contribution in [0.15, 0.2) is 12.1 Å². The highest BCUT2D eigenvalue weighted by molar-refractivity contribution is 5.97. The van der Waals surface area contributed by atoms with Gasteiger partial charge in [0.25, 0.3) is 5.91 Å². The van der Waals surface area contributed by atoms with Crippen LogP contribution in [0.4, 0.5) is 0 Å². The van der Waals surface area contributed by atoms with E-state index in [1.54, 1.807) is 13.2 Å². The van der Waals surface area contributed by atoms with Crippen molar-refractivity contribution in [2.45, 2.75) is 32.6 Å². The lowest BCUT2D eigenvalue weighted by molar-refractivity contribution is 0.0944. The summed E-state index contributed by atoms with van der Waals surface area (Å²) in [6, 6.07) is 3.61. The number of hydrogen-bond donors (Lipinski definition) is 1.